The predicted octanol–water partition coefficient (Wildman–Crippen LogP) is 7.72. The summed E-state index contributed by atoms with van der Waals surface area (Å²) >= 11 is 7.84. The molecule has 174 valence electrons. The summed E-state index contributed by atoms with van der Waals surface area (Å²) < 4.78 is 5.37. The molecule has 0 spiro atoms. The van der Waals surface area contributed by atoms with E-state index >= 15 is 0 Å². The van der Waals surface area contributed by atoms with Gasteiger partial charge >= 0.3 is 0 Å². The number of nitrogens with one attached hydrogen (secondary N) is 2. The van der Waals surface area contributed by atoms with Crippen molar-refractivity contribution in [2.24, 2.45) is 5.41 Å². The van der Waals surface area contributed by atoms with Gasteiger partial charge in [-0.25, -0.2) is 0 Å². The van der Waals surface area contributed by atoms with Crippen LogP contribution in [0.3, 0.4) is 0 Å². The standard InChI is InChI=1S/C28H27ClN2O2S/c1-28(2)15-24-26(25(32)16-28)27(17-7-9-18(29)10-8-17)31-23-14-21(11-12-22(23)30-24)34-20-6-4-5-19(13-20)33-3/h4-14,27,30-31H,15-16H2,1-3H3. The quantitative estimate of drug-likeness (QED) is 0.392. The van der Waals surface area contributed by atoms with Crippen LogP contribution in [0.1, 0.15) is 38.3 Å². The smallest absolute Gasteiger partial charge is 0.163 e. The van der Waals surface area contributed by atoms with E-state index in [2.05, 4.69) is 48.7 Å². The molecule has 3 aromatic rings. The van der Waals surface area contributed by atoms with Gasteiger partial charge in [-0.3, -0.25) is 4.79 Å². The van der Waals surface area contributed by atoms with Crippen LogP contribution < -0.4 is 15.4 Å². The second-order valence-electron chi connectivity index (χ2n) is 9.58. The van der Waals surface area contributed by atoms with E-state index in [1.807, 2.05) is 42.5 Å². The number of halogens is 1. The van der Waals surface area contributed by atoms with Gasteiger partial charge in [0.1, 0.15) is 5.75 Å². The third kappa shape index (κ3) is 4.68. The molecule has 1 aliphatic carbocycles. The lowest BCUT2D eigenvalue weighted by Gasteiger charge is -2.34. The lowest BCUT2D eigenvalue weighted by Crippen LogP contribution is -2.31. The van der Waals surface area contributed by atoms with Crippen LogP contribution in [0.4, 0.5) is 11.4 Å². The van der Waals surface area contributed by atoms with E-state index in [0.29, 0.717) is 11.4 Å². The summed E-state index contributed by atoms with van der Waals surface area (Å²) in [5, 5.41) is 7.97. The molecule has 2 aliphatic rings. The maximum atomic E-state index is 13.4. The van der Waals surface area contributed by atoms with E-state index in [4.69, 9.17) is 16.3 Å². The number of rotatable bonds is 4. The highest BCUT2D eigenvalue weighted by atomic mass is 35.5. The Labute approximate surface area is 209 Å². The Hall–Kier alpha value is -2.89. The Balaban J connectivity index is 1.55. The number of carbonyl (C=O) groups is 1. The summed E-state index contributed by atoms with van der Waals surface area (Å²) in [4.78, 5) is 15.6. The molecule has 0 radical (unpaired) electrons. The molecule has 0 fully saturated rings. The van der Waals surface area contributed by atoms with Crippen LogP contribution in [0.25, 0.3) is 0 Å². The summed E-state index contributed by atoms with van der Waals surface area (Å²) in [5.74, 6) is 1.02. The number of hydrogen-bond acceptors (Lipinski definition) is 5. The summed E-state index contributed by atoms with van der Waals surface area (Å²) in [6.45, 7) is 4.31. The molecule has 4 nitrogen and oxygen atoms in total. The molecule has 0 saturated heterocycles. The molecule has 1 heterocycles. The molecule has 1 aliphatic heterocycles. The van der Waals surface area contributed by atoms with Gasteiger partial charge in [-0.2, -0.15) is 0 Å². The first kappa shape index (κ1) is 22.9. The summed E-state index contributed by atoms with van der Waals surface area (Å²) in [6, 6.07) is 21.9. The van der Waals surface area contributed by atoms with Crippen LogP contribution in [0.2, 0.25) is 5.02 Å². The zero-order valence-electron chi connectivity index (χ0n) is 19.4. The maximum absolute atomic E-state index is 13.4. The van der Waals surface area contributed by atoms with Crippen molar-refractivity contribution in [1.82, 2.24) is 0 Å². The van der Waals surface area contributed by atoms with E-state index < -0.39 is 0 Å². The first-order chi connectivity index (χ1) is 16.3. The van der Waals surface area contributed by atoms with Gasteiger partial charge in [0, 0.05) is 32.5 Å². The molecule has 5 rings (SSSR count). The number of ketones is 1. The molecule has 0 aromatic heterocycles. The van der Waals surface area contributed by atoms with Crippen molar-refractivity contribution < 1.29 is 9.53 Å². The monoisotopic (exact) mass is 490 g/mol. The minimum absolute atomic E-state index is 0.0832. The number of methoxy groups -OCH3 is 1. The molecular weight excluding hydrogens is 464 g/mol. The number of allylic oxidation sites excluding steroid dienone is 1. The van der Waals surface area contributed by atoms with Crippen molar-refractivity contribution in [2.45, 2.75) is 42.5 Å². The minimum atomic E-state index is -0.248. The summed E-state index contributed by atoms with van der Waals surface area (Å²) in [6.07, 6.45) is 1.35. The molecule has 1 atom stereocenters. The third-order valence-electron chi connectivity index (χ3n) is 6.27. The first-order valence-corrected chi connectivity index (χ1v) is 12.5. The molecule has 2 N–H and O–H groups in total. The average molecular weight is 491 g/mol. The van der Waals surface area contributed by atoms with Gasteiger partial charge in [0.05, 0.1) is 24.5 Å². The Kier molecular flexibility index (Phi) is 6.09. The molecule has 0 amide bonds. The van der Waals surface area contributed by atoms with Crippen molar-refractivity contribution in [3.8, 4) is 5.75 Å². The highest BCUT2D eigenvalue weighted by Crippen LogP contribution is 2.46. The van der Waals surface area contributed by atoms with Crippen molar-refractivity contribution in [3.63, 3.8) is 0 Å². The summed E-state index contributed by atoms with van der Waals surface area (Å²) in [5.41, 5.74) is 4.70. The molecule has 1 unspecified atom stereocenters. The number of anilines is 2. The highest BCUT2D eigenvalue weighted by molar-refractivity contribution is 7.99. The Morgan fingerprint density at radius 1 is 0.971 bits per heavy atom. The number of ether oxygens (including phenoxy) is 1. The summed E-state index contributed by atoms with van der Waals surface area (Å²) in [7, 11) is 1.68. The van der Waals surface area contributed by atoms with Gasteiger partial charge < -0.3 is 15.4 Å². The predicted molar refractivity (Wildman–Crippen MR) is 140 cm³/mol. The van der Waals surface area contributed by atoms with Gasteiger partial charge in [-0.15, -0.1) is 0 Å². The van der Waals surface area contributed by atoms with Crippen molar-refractivity contribution in [2.75, 3.05) is 17.7 Å². The van der Waals surface area contributed by atoms with E-state index in [-0.39, 0.29) is 17.2 Å². The number of carbonyl (C=O) groups excluding carboxylic acids is 1. The van der Waals surface area contributed by atoms with E-state index in [0.717, 1.165) is 50.2 Å². The van der Waals surface area contributed by atoms with Crippen LogP contribution in [-0.2, 0) is 4.79 Å². The molecule has 0 bridgehead atoms. The van der Waals surface area contributed by atoms with Crippen molar-refractivity contribution in [1.29, 1.82) is 0 Å². The second-order valence-corrected chi connectivity index (χ2v) is 11.2. The molecule has 6 heteroatoms. The lowest BCUT2D eigenvalue weighted by molar-refractivity contribution is -0.118. The van der Waals surface area contributed by atoms with Gasteiger partial charge in [0.15, 0.2) is 5.78 Å². The Morgan fingerprint density at radius 3 is 2.50 bits per heavy atom. The fourth-order valence-corrected chi connectivity index (χ4v) is 5.73. The highest BCUT2D eigenvalue weighted by Gasteiger charge is 2.38. The van der Waals surface area contributed by atoms with Crippen molar-refractivity contribution in [3.05, 3.63) is 88.6 Å². The molecule has 3 aromatic carbocycles. The van der Waals surface area contributed by atoms with Gasteiger partial charge in [0.2, 0.25) is 0 Å². The van der Waals surface area contributed by atoms with E-state index in [1.165, 1.54) is 0 Å². The van der Waals surface area contributed by atoms with Crippen LogP contribution >= 0.6 is 23.4 Å². The van der Waals surface area contributed by atoms with E-state index in [1.54, 1.807) is 18.9 Å². The van der Waals surface area contributed by atoms with Gasteiger partial charge in [0.25, 0.3) is 0 Å². The fourth-order valence-electron chi connectivity index (χ4n) is 4.69. The van der Waals surface area contributed by atoms with Gasteiger partial charge in [-0.05, 0) is 65.9 Å². The molecule has 34 heavy (non-hydrogen) atoms. The SMILES string of the molecule is COc1cccc(Sc2ccc3c(c2)NC(c2ccc(Cl)cc2)C2=C(CC(C)(C)CC2=O)N3)c1. The normalized spacial score (nSPS) is 18.8. The van der Waals surface area contributed by atoms with Crippen LogP contribution in [0.15, 0.2) is 87.8 Å². The maximum Gasteiger partial charge on any atom is 0.163 e. The number of hydrogen-bond donors (Lipinski definition) is 2. The zero-order valence-corrected chi connectivity index (χ0v) is 21.0. The van der Waals surface area contributed by atoms with Crippen LogP contribution in [-0.4, -0.2) is 12.9 Å². The lowest BCUT2D eigenvalue weighted by atomic mass is 9.73. The fraction of sp³-hybridized carbons (Fsp3) is 0.250. The van der Waals surface area contributed by atoms with E-state index in [9.17, 15) is 4.79 Å². The number of benzene rings is 3. The van der Waals surface area contributed by atoms with Crippen LogP contribution in [0, 0.1) is 5.41 Å². The third-order valence-corrected chi connectivity index (χ3v) is 7.50. The largest absolute Gasteiger partial charge is 0.497 e. The number of Topliss-reactive ketones (excluding diaryl/α,β-unsaturated/α-hetero) is 1. The topological polar surface area (TPSA) is 50.4 Å². The molecular formula is C28H27ClN2O2S. The minimum Gasteiger partial charge on any atom is -0.497 e. The Bertz CT molecular complexity index is 1280. The van der Waals surface area contributed by atoms with Gasteiger partial charge in [-0.1, -0.05) is 55.4 Å². The average Bonchev–Trinajstić information content (AvgIpc) is 2.95. The first-order valence-electron chi connectivity index (χ1n) is 11.3. The molecule has 0 saturated carbocycles. The second kappa shape index (κ2) is 9.05. The zero-order chi connectivity index (χ0) is 23.9. The number of fused-ring (bicyclic) bond motifs is 1. The van der Waals surface area contributed by atoms with Crippen molar-refractivity contribution >= 4 is 40.5 Å². The van der Waals surface area contributed by atoms with Crippen LogP contribution in [0.5, 0.6) is 5.75 Å². The Morgan fingerprint density at radius 2 is 1.74 bits per heavy atom.